The van der Waals surface area contributed by atoms with Gasteiger partial charge in [0.25, 0.3) is 5.56 Å². The molecule has 8 nitrogen and oxygen atoms in total. The molecule has 0 aliphatic carbocycles. The first-order valence-electron chi connectivity index (χ1n) is 7.23. The second-order valence-corrected chi connectivity index (χ2v) is 6.29. The number of carbonyl (C=O) groups is 1. The number of nitrogens with one attached hydrogen (secondary N) is 1. The molecule has 0 unspecified atom stereocenters. The van der Waals surface area contributed by atoms with E-state index in [4.69, 9.17) is 0 Å². The first kappa shape index (κ1) is 16.3. The van der Waals surface area contributed by atoms with Gasteiger partial charge in [-0.1, -0.05) is 15.9 Å². The lowest BCUT2D eigenvalue weighted by Crippen LogP contribution is -2.34. The average Bonchev–Trinajstić information content (AvgIpc) is 2.97. The SMILES string of the molecule is C[C@@H](NC(=O)Cn1cnc2ccc(Br)cc2c1=O)c1ncnn1C. The smallest absolute Gasteiger partial charge is 0.261 e. The fourth-order valence-corrected chi connectivity index (χ4v) is 2.81. The first-order valence-corrected chi connectivity index (χ1v) is 8.03. The van der Waals surface area contributed by atoms with E-state index >= 15 is 0 Å². The maximum atomic E-state index is 12.5. The number of fused-ring (bicyclic) bond motifs is 1. The van der Waals surface area contributed by atoms with Crippen LogP contribution in [0, 0.1) is 0 Å². The van der Waals surface area contributed by atoms with Crippen molar-refractivity contribution < 1.29 is 4.79 Å². The Morgan fingerprint density at radius 2 is 2.17 bits per heavy atom. The highest BCUT2D eigenvalue weighted by Gasteiger charge is 2.15. The molecule has 0 saturated carbocycles. The fraction of sp³-hybridized carbons (Fsp3) is 0.267. The summed E-state index contributed by atoms with van der Waals surface area (Å²) in [6.07, 6.45) is 2.80. The summed E-state index contributed by atoms with van der Waals surface area (Å²) in [4.78, 5) is 33.0. The van der Waals surface area contributed by atoms with Crippen LogP contribution in [0.5, 0.6) is 0 Å². The molecule has 2 aromatic heterocycles. The average molecular weight is 391 g/mol. The van der Waals surface area contributed by atoms with Crippen LogP contribution >= 0.6 is 15.9 Å². The van der Waals surface area contributed by atoms with Gasteiger partial charge in [0.2, 0.25) is 5.91 Å². The van der Waals surface area contributed by atoms with Crippen molar-refractivity contribution in [1.82, 2.24) is 29.6 Å². The van der Waals surface area contributed by atoms with Gasteiger partial charge in [-0.25, -0.2) is 9.97 Å². The third-order valence-corrected chi connectivity index (χ3v) is 4.10. The molecular formula is C15H15BrN6O2. The molecule has 0 fully saturated rings. The van der Waals surface area contributed by atoms with Gasteiger partial charge < -0.3 is 5.32 Å². The Labute approximate surface area is 145 Å². The van der Waals surface area contributed by atoms with Gasteiger partial charge in [-0.2, -0.15) is 5.10 Å². The molecule has 1 aromatic carbocycles. The zero-order chi connectivity index (χ0) is 17.3. The molecule has 3 rings (SSSR count). The van der Waals surface area contributed by atoms with Crippen LogP contribution in [0.1, 0.15) is 18.8 Å². The van der Waals surface area contributed by atoms with Crippen molar-refractivity contribution in [1.29, 1.82) is 0 Å². The Balaban J connectivity index is 1.79. The van der Waals surface area contributed by atoms with Crippen molar-refractivity contribution >= 4 is 32.7 Å². The number of amides is 1. The standard InChI is InChI=1S/C15H15BrN6O2/c1-9(14-17-7-19-21(14)2)20-13(23)6-22-8-18-12-4-3-10(16)5-11(12)15(22)24/h3-5,7-9H,6H2,1-2H3,(H,20,23)/t9-/m1/s1. The van der Waals surface area contributed by atoms with Gasteiger partial charge in [0, 0.05) is 11.5 Å². The number of aryl methyl sites for hydroxylation is 1. The molecule has 2 heterocycles. The van der Waals surface area contributed by atoms with Crippen molar-refractivity contribution in [2.75, 3.05) is 0 Å². The summed E-state index contributed by atoms with van der Waals surface area (Å²) in [7, 11) is 1.75. The van der Waals surface area contributed by atoms with Crippen molar-refractivity contribution in [3.8, 4) is 0 Å². The largest absolute Gasteiger partial charge is 0.345 e. The van der Waals surface area contributed by atoms with Crippen molar-refractivity contribution in [3.63, 3.8) is 0 Å². The summed E-state index contributed by atoms with van der Waals surface area (Å²) in [5.41, 5.74) is 0.329. The molecule has 1 atom stereocenters. The number of aromatic nitrogens is 5. The normalized spacial score (nSPS) is 12.3. The summed E-state index contributed by atoms with van der Waals surface area (Å²) in [6.45, 7) is 1.69. The number of halogens is 1. The minimum atomic E-state index is -0.316. The monoisotopic (exact) mass is 390 g/mol. The Kier molecular flexibility index (Phi) is 4.43. The molecule has 0 aliphatic rings. The molecule has 0 radical (unpaired) electrons. The molecule has 124 valence electrons. The minimum Gasteiger partial charge on any atom is -0.345 e. The highest BCUT2D eigenvalue weighted by Crippen LogP contribution is 2.14. The summed E-state index contributed by atoms with van der Waals surface area (Å²) in [5.74, 6) is 0.333. The zero-order valence-corrected chi connectivity index (χ0v) is 14.7. The van der Waals surface area contributed by atoms with E-state index in [-0.39, 0.29) is 24.1 Å². The van der Waals surface area contributed by atoms with Gasteiger partial charge in [0.15, 0.2) is 0 Å². The number of hydrogen-bond acceptors (Lipinski definition) is 5. The first-order chi connectivity index (χ1) is 11.5. The van der Waals surface area contributed by atoms with Gasteiger partial charge in [0.05, 0.1) is 23.3 Å². The van der Waals surface area contributed by atoms with E-state index < -0.39 is 0 Å². The second-order valence-electron chi connectivity index (χ2n) is 5.37. The van der Waals surface area contributed by atoms with E-state index in [9.17, 15) is 9.59 Å². The highest BCUT2D eigenvalue weighted by atomic mass is 79.9. The third kappa shape index (κ3) is 3.21. The minimum absolute atomic E-state index is 0.115. The number of carbonyl (C=O) groups excluding carboxylic acids is 1. The van der Waals surface area contributed by atoms with E-state index in [2.05, 4.69) is 36.3 Å². The van der Waals surface area contributed by atoms with Crippen LogP contribution in [-0.2, 0) is 18.4 Å². The predicted octanol–water partition coefficient (Wildman–Crippen LogP) is 1.16. The van der Waals surface area contributed by atoms with E-state index in [1.165, 1.54) is 17.2 Å². The summed E-state index contributed by atoms with van der Waals surface area (Å²) in [5, 5.41) is 7.23. The van der Waals surface area contributed by atoms with Crippen LogP contribution in [0.4, 0.5) is 0 Å². The summed E-state index contributed by atoms with van der Waals surface area (Å²) >= 11 is 3.33. The van der Waals surface area contributed by atoms with E-state index in [0.29, 0.717) is 16.7 Å². The lowest BCUT2D eigenvalue weighted by Gasteiger charge is -2.13. The Morgan fingerprint density at radius 1 is 1.38 bits per heavy atom. The van der Waals surface area contributed by atoms with Crippen molar-refractivity contribution in [2.24, 2.45) is 7.05 Å². The molecule has 0 aliphatic heterocycles. The van der Waals surface area contributed by atoms with Crippen LogP contribution < -0.4 is 10.9 Å². The van der Waals surface area contributed by atoms with E-state index in [0.717, 1.165) is 4.47 Å². The van der Waals surface area contributed by atoms with Crippen LogP contribution in [0.15, 0.2) is 40.1 Å². The van der Waals surface area contributed by atoms with Gasteiger partial charge in [0.1, 0.15) is 18.7 Å². The third-order valence-electron chi connectivity index (χ3n) is 3.61. The molecule has 0 spiro atoms. The molecule has 1 N–H and O–H groups in total. The molecule has 0 saturated heterocycles. The molecular weight excluding hydrogens is 376 g/mol. The molecule has 3 aromatic rings. The van der Waals surface area contributed by atoms with Gasteiger partial charge in [-0.05, 0) is 25.1 Å². The highest BCUT2D eigenvalue weighted by molar-refractivity contribution is 9.10. The van der Waals surface area contributed by atoms with Gasteiger partial charge in [-0.15, -0.1) is 0 Å². The van der Waals surface area contributed by atoms with Gasteiger partial charge >= 0.3 is 0 Å². The van der Waals surface area contributed by atoms with Crippen LogP contribution in [-0.4, -0.2) is 30.2 Å². The lowest BCUT2D eigenvalue weighted by molar-refractivity contribution is -0.122. The van der Waals surface area contributed by atoms with Crippen molar-refractivity contribution in [2.45, 2.75) is 19.5 Å². The summed E-state index contributed by atoms with van der Waals surface area (Å²) < 4.78 is 3.66. The maximum absolute atomic E-state index is 12.5. The van der Waals surface area contributed by atoms with Gasteiger partial charge in [-0.3, -0.25) is 18.8 Å². The molecule has 0 bridgehead atoms. The zero-order valence-electron chi connectivity index (χ0n) is 13.1. The Bertz CT molecular complexity index is 964. The van der Waals surface area contributed by atoms with Crippen molar-refractivity contribution in [3.05, 3.63) is 51.5 Å². The number of rotatable bonds is 4. The Hall–Kier alpha value is -2.55. The molecule has 24 heavy (non-hydrogen) atoms. The molecule has 9 heteroatoms. The second kappa shape index (κ2) is 6.52. The quantitative estimate of drug-likeness (QED) is 0.721. The summed E-state index contributed by atoms with van der Waals surface area (Å²) in [6, 6.07) is 4.94. The predicted molar refractivity (Wildman–Crippen MR) is 91.3 cm³/mol. The van der Waals surface area contributed by atoms with E-state index in [1.54, 1.807) is 30.8 Å². The fourth-order valence-electron chi connectivity index (χ4n) is 2.45. The van der Waals surface area contributed by atoms with E-state index in [1.807, 2.05) is 6.07 Å². The molecule has 1 amide bonds. The Morgan fingerprint density at radius 3 is 2.88 bits per heavy atom. The number of nitrogens with zero attached hydrogens (tertiary/aromatic N) is 5. The van der Waals surface area contributed by atoms with Crippen LogP contribution in [0.25, 0.3) is 10.9 Å². The number of benzene rings is 1. The maximum Gasteiger partial charge on any atom is 0.261 e. The topological polar surface area (TPSA) is 94.7 Å². The lowest BCUT2D eigenvalue weighted by atomic mass is 10.2. The van der Waals surface area contributed by atoms with Crippen LogP contribution in [0.3, 0.4) is 0 Å². The number of hydrogen-bond donors (Lipinski definition) is 1. The van der Waals surface area contributed by atoms with Crippen LogP contribution in [0.2, 0.25) is 0 Å².